The van der Waals surface area contributed by atoms with Crippen LogP contribution in [-0.2, 0) is 16.1 Å². The molecule has 1 aromatic carbocycles. The first-order chi connectivity index (χ1) is 13.2. The normalized spacial score (nSPS) is 15.7. The molecule has 1 aliphatic carbocycles. The van der Waals surface area contributed by atoms with Crippen molar-refractivity contribution < 1.29 is 14.3 Å². The van der Waals surface area contributed by atoms with Gasteiger partial charge in [-0.1, -0.05) is 37.0 Å². The van der Waals surface area contributed by atoms with Gasteiger partial charge in [-0.2, -0.15) is 4.99 Å². The van der Waals surface area contributed by atoms with Gasteiger partial charge in [0, 0.05) is 19.6 Å². The lowest BCUT2D eigenvalue weighted by atomic mass is 10.0. The summed E-state index contributed by atoms with van der Waals surface area (Å²) in [5, 5.41) is 0. The molecule has 0 unspecified atom stereocenters. The number of rotatable bonds is 9. The summed E-state index contributed by atoms with van der Waals surface area (Å²) >= 11 is 1.55. The van der Waals surface area contributed by atoms with Crippen molar-refractivity contribution in [2.45, 2.75) is 58.9 Å². The average Bonchev–Trinajstić information content (AvgIpc) is 3.28. The maximum absolute atomic E-state index is 12.5. The predicted octanol–water partition coefficient (Wildman–Crippen LogP) is 4.54. The van der Waals surface area contributed by atoms with E-state index in [0.29, 0.717) is 38.7 Å². The van der Waals surface area contributed by atoms with Crippen LogP contribution in [0.5, 0.6) is 5.75 Å². The lowest BCUT2D eigenvalue weighted by Crippen LogP contribution is -2.19. The summed E-state index contributed by atoms with van der Waals surface area (Å²) in [6.45, 7) is 6.59. The van der Waals surface area contributed by atoms with Gasteiger partial charge in [-0.05, 0) is 44.4 Å². The summed E-state index contributed by atoms with van der Waals surface area (Å²) in [5.41, 5.74) is 1.07. The smallest absolute Gasteiger partial charge is 0.248 e. The quantitative estimate of drug-likeness (QED) is 0.591. The Morgan fingerprint density at radius 2 is 2.07 bits per heavy atom. The van der Waals surface area contributed by atoms with E-state index < -0.39 is 0 Å². The number of benzene rings is 1. The number of carbonyl (C=O) groups excluding carboxylic acids is 1. The SMILES string of the molecule is CCOCCn1c(=NC(=O)CCC2CCCC2)sc2cc(OCC)ccc21. The number of carbonyl (C=O) groups is 1. The minimum absolute atomic E-state index is 0.0105. The van der Waals surface area contributed by atoms with Crippen molar-refractivity contribution in [3.8, 4) is 5.75 Å². The number of amides is 1. The summed E-state index contributed by atoms with van der Waals surface area (Å²) in [6.07, 6.45) is 6.68. The van der Waals surface area contributed by atoms with Crippen LogP contribution in [0, 0.1) is 5.92 Å². The van der Waals surface area contributed by atoms with E-state index >= 15 is 0 Å². The summed E-state index contributed by atoms with van der Waals surface area (Å²) in [6, 6.07) is 6.05. The zero-order valence-corrected chi connectivity index (χ0v) is 17.2. The van der Waals surface area contributed by atoms with Gasteiger partial charge in [0.2, 0.25) is 5.91 Å². The average molecular weight is 391 g/mol. The molecule has 0 saturated heterocycles. The van der Waals surface area contributed by atoms with E-state index in [4.69, 9.17) is 9.47 Å². The topological polar surface area (TPSA) is 52.8 Å². The van der Waals surface area contributed by atoms with Crippen molar-refractivity contribution in [3.05, 3.63) is 23.0 Å². The van der Waals surface area contributed by atoms with Crippen LogP contribution in [0.2, 0.25) is 0 Å². The summed E-state index contributed by atoms with van der Waals surface area (Å²) in [4.78, 5) is 17.7. The number of nitrogens with zero attached hydrogens (tertiary/aromatic N) is 2. The molecule has 1 saturated carbocycles. The molecule has 0 atom stereocenters. The van der Waals surface area contributed by atoms with E-state index in [1.807, 2.05) is 32.0 Å². The van der Waals surface area contributed by atoms with E-state index in [9.17, 15) is 4.79 Å². The minimum atomic E-state index is -0.0105. The van der Waals surface area contributed by atoms with Crippen LogP contribution < -0.4 is 9.54 Å². The first kappa shape index (κ1) is 20.1. The molecule has 0 spiro atoms. The first-order valence-electron chi connectivity index (χ1n) is 10.1. The monoisotopic (exact) mass is 390 g/mol. The lowest BCUT2D eigenvalue weighted by Gasteiger charge is -2.07. The highest BCUT2D eigenvalue weighted by Gasteiger charge is 2.16. The molecular weight excluding hydrogens is 360 g/mol. The fourth-order valence-corrected chi connectivity index (χ4v) is 4.80. The highest BCUT2D eigenvalue weighted by molar-refractivity contribution is 7.16. The van der Waals surface area contributed by atoms with Crippen molar-refractivity contribution in [2.75, 3.05) is 19.8 Å². The third kappa shape index (κ3) is 5.42. The van der Waals surface area contributed by atoms with Gasteiger partial charge in [0.25, 0.3) is 0 Å². The highest BCUT2D eigenvalue weighted by Crippen LogP contribution is 2.28. The molecular formula is C21H30N2O3S. The van der Waals surface area contributed by atoms with Crippen LogP contribution in [0.3, 0.4) is 0 Å². The van der Waals surface area contributed by atoms with Crippen LogP contribution >= 0.6 is 11.3 Å². The van der Waals surface area contributed by atoms with E-state index in [-0.39, 0.29) is 5.91 Å². The minimum Gasteiger partial charge on any atom is -0.494 e. The molecule has 0 aliphatic heterocycles. The number of ether oxygens (including phenoxy) is 2. The molecule has 27 heavy (non-hydrogen) atoms. The fraction of sp³-hybridized carbons (Fsp3) is 0.619. The Bertz CT molecular complexity index is 818. The molecule has 3 rings (SSSR count). The Morgan fingerprint density at radius 1 is 1.26 bits per heavy atom. The Balaban J connectivity index is 1.83. The van der Waals surface area contributed by atoms with Gasteiger partial charge >= 0.3 is 0 Å². The molecule has 0 N–H and O–H groups in total. The van der Waals surface area contributed by atoms with E-state index in [1.54, 1.807) is 11.3 Å². The molecule has 1 amide bonds. The first-order valence-corrected chi connectivity index (χ1v) is 10.9. The number of hydrogen-bond donors (Lipinski definition) is 0. The molecule has 1 aliphatic rings. The van der Waals surface area contributed by atoms with Crippen LogP contribution in [0.1, 0.15) is 52.4 Å². The van der Waals surface area contributed by atoms with Crippen LogP contribution in [-0.4, -0.2) is 30.3 Å². The maximum Gasteiger partial charge on any atom is 0.248 e. The van der Waals surface area contributed by atoms with Gasteiger partial charge in [-0.25, -0.2) is 0 Å². The van der Waals surface area contributed by atoms with Gasteiger partial charge in [0.05, 0.1) is 23.4 Å². The number of fused-ring (bicyclic) bond motifs is 1. The van der Waals surface area contributed by atoms with E-state index in [1.165, 1.54) is 25.7 Å². The molecule has 5 nitrogen and oxygen atoms in total. The van der Waals surface area contributed by atoms with Gasteiger partial charge in [-0.3, -0.25) is 4.79 Å². The summed E-state index contributed by atoms with van der Waals surface area (Å²) in [7, 11) is 0. The largest absolute Gasteiger partial charge is 0.494 e. The van der Waals surface area contributed by atoms with Gasteiger partial charge in [-0.15, -0.1) is 0 Å². The lowest BCUT2D eigenvalue weighted by molar-refractivity contribution is -0.118. The van der Waals surface area contributed by atoms with Crippen molar-refractivity contribution in [1.82, 2.24) is 4.57 Å². The number of aromatic nitrogens is 1. The van der Waals surface area contributed by atoms with Crippen LogP contribution in [0.25, 0.3) is 10.2 Å². The third-order valence-electron chi connectivity index (χ3n) is 5.09. The fourth-order valence-electron chi connectivity index (χ4n) is 3.70. The molecule has 1 aromatic heterocycles. The molecule has 1 fully saturated rings. The molecule has 6 heteroatoms. The van der Waals surface area contributed by atoms with Gasteiger partial charge in [0.1, 0.15) is 5.75 Å². The number of hydrogen-bond acceptors (Lipinski definition) is 4. The second kappa shape index (κ2) is 10.0. The zero-order valence-electron chi connectivity index (χ0n) is 16.4. The Hall–Kier alpha value is -1.66. The van der Waals surface area contributed by atoms with Gasteiger partial charge in [0.15, 0.2) is 4.80 Å². The molecule has 0 bridgehead atoms. The van der Waals surface area contributed by atoms with Crippen molar-refractivity contribution in [1.29, 1.82) is 0 Å². The van der Waals surface area contributed by atoms with Crippen molar-refractivity contribution in [3.63, 3.8) is 0 Å². The number of thiazole rings is 1. The maximum atomic E-state index is 12.5. The van der Waals surface area contributed by atoms with Gasteiger partial charge < -0.3 is 14.0 Å². The second-order valence-electron chi connectivity index (χ2n) is 6.99. The van der Waals surface area contributed by atoms with E-state index in [0.717, 1.165) is 27.2 Å². The van der Waals surface area contributed by atoms with Crippen LogP contribution in [0.15, 0.2) is 23.2 Å². The van der Waals surface area contributed by atoms with Crippen molar-refractivity contribution in [2.24, 2.45) is 10.9 Å². The summed E-state index contributed by atoms with van der Waals surface area (Å²) in [5.74, 6) is 1.55. The summed E-state index contributed by atoms with van der Waals surface area (Å²) < 4.78 is 14.3. The molecule has 1 heterocycles. The molecule has 148 valence electrons. The second-order valence-corrected chi connectivity index (χ2v) is 8.00. The van der Waals surface area contributed by atoms with E-state index in [2.05, 4.69) is 9.56 Å². The van der Waals surface area contributed by atoms with Crippen LogP contribution in [0.4, 0.5) is 0 Å². The Kier molecular flexibility index (Phi) is 7.47. The Labute approximate surface area is 165 Å². The third-order valence-corrected chi connectivity index (χ3v) is 6.13. The molecule has 2 aromatic rings. The zero-order chi connectivity index (χ0) is 19.1. The standard InChI is InChI=1S/C21H30N2O3S/c1-3-25-14-13-23-18-11-10-17(26-4-2)15-19(18)27-21(23)22-20(24)12-9-16-7-5-6-8-16/h10-11,15-16H,3-9,12-14H2,1-2H3. The van der Waals surface area contributed by atoms with Crippen molar-refractivity contribution >= 4 is 27.5 Å². The Morgan fingerprint density at radius 3 is 2.81 bits per heavy atom. The predicted molar refractivity (Wildman–Crippen MR) is 109 cm³/mol. The highest BCUT2D eigenvalue weighted by atomic mass is 32.1. The molecule has 0 radical (unpaired) electrons.